The minimum Gasteiger partial charge on any atom is -0.497 e. The summed E-state index contributed by atoms with van der Waals surface area (Å²) in [4.78, 5) is 26.4. The number of methoxy groups -OCH3 is 1. The zero-order chi connectivity index (χ0) is 16.4. The van der Waals surface area contributed by atoms with Crippen molar-refractivity contribution in [3.63, 3.8) is 0 Å². The summed E-state index contributed by atoms with van der Waals surface area (Å²) < 4.78 is 6.82. The molecule has 1 aromatic heterocycles. The van der Waals surface area contributed by atoms with Crippen molar-refractivity contribution in [2.75, 3.05) is 13.7 Å². The molecule has 0 saturated carbocycles. The van der Waals surface area contributed by atoms with E-state index in [9.17, 15) is 9.59 Å². The molecule has 1 unspecified atom stereocenters. The summed E-state index contributed by atoms with van der Waals surface area (Å²) in [6.45, 7) is 3.21. The number of carbonyl (C=O) groups is 1. The Balaban J connectivity index is 1.82. The van der Waals surface area contributed by atoms with Crippen molar-refractivity contribution in [2.45, 2.75) is 25.9 Å². The summed E-state index contributed by atoms with van der Waals surface area (Å²) in [6, 6.07) is 11.0. The maximum absolute atomic E-state index is 12.7. The molecule has 2 heterocycles. The van der Waals surface area contributed by atoms with Gasteiger partial charge in [-0.1, -0.05) is 12.1 Å². The second-order valence-corrected chi connectivity index (χ2v) is 5.62. The smallest absolute Gasteiger partial charge is 0.254 e. The maximum Gasteiger partial charge on any atom is 0.254 e. The number of likely N-dealkylation sites (tertiary alicyclic amines) is 1. The highest BCUT2D eigenvalue weighted by molar-refractivity contribution is 5.94. The Hall–Kier alpha value is -2.56. The molecular weight excluding hydrogens is 292 g/mol. The molecule has 2 aromatic rings. The summed E-state index contributed by atoms with van der Waals surface area (Å²) in [5.74, 6) is 0.691. The van der Waals surface area contributed by atoms with Gasteiger partial charge in [0.05, 0.1) is 13.2 Å². The van der Waals surface area contributed by atoms with Crippen LogP contribution in [0.25, 0.3) is 0 Å². The molecule has 1 saturated heterocycles. The van der Waals surface area contributed by atoms with Crippen LogP contribution in [0.4, 0.5) is 0 Å². The van der Waals surface area contributed by atoms with Gasteiger partial charge < -0.3 is 14.2 Å². The molecule has 0 aliphatic carbocycles. The highest BCUT2D eigenvalue weighted by Gasteiger charge is 2.34. The number of carbonyl (C=O) groups excluding carboxylic acids is 1. The van der Waals surface area contributed by atoms with E-state index in [1.165, 1.54) is 6.07 Å². The van der Waals surface area contributed by atoms with E-state index in [-0.39, 0.29) is 17.5 Å². The van der Waals surface area contributed by atoms with E-state index >= 15 is 0 Å². The number of rotatable bonds is 4. The molecule has 5 nitrogen and oxygen atoms in total. The maximum atomic E-state index is 12.7. The van der Waals surface area contributed by atoms with Crippen LogP contribution >= 0.6 is 0 Å². The molecule has 3 rings (SSSR count). The van der Waals surface area contributed by atoms with Gasteiger partial charge in [-0.25, -0.2) is 0 Å². The van der Waals surface area contributed by atoms with Gasteiger partial charge in [-0.3, -0.25) is 9.59 Å². The summed E-state index contributed by atoms with van der Waals surface area (Å²) in [5, 5.41) is 0. The molecule has 1 atom stereocenters. The van der Waals surface area contributed by atoms with Crippen LogP contribution < -0.4 is 10.3 Å². The van der Waals surface area contributed by atoms with Crippen molar-refractivity contribution in [3.05, 3.63) is 64.1 Å². The highest BCUT2D eigenvalue weighted by atomic mass is 16.5. The molecule has 0 bridgehead atoms. The number of aromatic nitrogens is 1. The van der Waals surface area contributed by atoms with Gasteiger partial charge in [-0.2, -0.15) is 0 Å². The molecule has 1 fully saturated rings. The van der Waals surface area contributed by atoms with E-state index in [0.29, 0.717) is 18.7 Å². The number of ether oxygens (including phenoxy) is 1. The lowest BCUT2D eigenvalue weighted by Gasteiger charge is -2.41. The predicted molar refractivity (Wildman–Crippen MR) is 87.8 cm³/mol. The molecule has 1 amide bonds. The monoisotopic (exact) mass is 312 g/mol. The fourth-order valence-corrected chi connectivity index (χ4v) is 2.89. The molecule has 0 spiro atoms. The normalized spacial score (nSPS) is 16.8. The largest absolute Gasteiger partial charge is 0.497 e. The van der Waals surface area contributed by atoms with Crippen molar-refractivity contribution in [3.8, 4) is 5.75 Å². The summed E-state index contributed by atoms with van der Waals surface area (Å²) >= 11 is 0. The van der Waals surface area contributed by atoms with E-state index in [4.69, 9.17) is 4.74 Å². The SMILES string of the molecule is CCn1ccc(C(=O)N2CCC2c2cccc(OC)c2)cc1=O. The molecule has 1 aliphatic rings. The molecule has 1 aliphatic heterocycles. The Labute approximate surface area is 135 Å². The topological polar surface area (TPSA) is 51.5 Å². The molecule has 23 heavy (non-hydrogen) atoms. The van der Waals surface area contributed by atoms with Crippen molar-refractivity contribution >= 4 is 5.91 Å². The van der Waals surface area contributed by atoms with Gasteiger partial charge >= 0.3 is 0 Å². The van der Waals surface area contributed by atoms with Gasteiger partial charge in [0.1, 0.15) is 5.75 Å². The Bertz CT molecular complexity index is 782. The first-order chi connectivity index (χ1) is 11.1. The van der Waals surface area contributed by atoms with Gasteiger partial charge in [-0.15, -0.1) is 0 Å². The van der Waals surface area contributed by atoms with Crippen LogP contribution in [-0.4, -0.2) is 29.0 Å². The molecular formula is C18H20N2O3. The zero-order valence-corrected chi connectivity index (χ0v) is 13.4. The number of benzene rings is 1. The Kier molecular flexibility index (Phi) is 4.19. The van der Waals surface area contributed by atoms with E-state index in [2.05, 4.69) is 0 Å². The number of amides is 1. The molecule has 120 valence electrons. The van der Waals surface area contributed by atoms with E-state index in [1.54, 1.807) is 28.8 Å². The Morgan fingerprint density at radius 3 is 2.74 bits per heavy atom. The zero-order valence-electron chi connectivity index (χ0n) is 13.4. The van der Waals surface area contributed by atoms with Gasteiger partial charge in [0.15, 0.2) is 0 Å². The van der Waals surface area contributed by atoms with E-state index in [0.717, 1.165) is 17.7 Å². The lowest BCUT2D eigenvalue weighted by Crippen LogP contribution is -2.45. The van der Waals surface area contributed by atoms with E-state index in [1.807, 2.05) is 31.2 Å². The highest BCUT2D eigenvalue weighted by Crippen LogP contribution is 2.35. The lowest BCUT2D eigenvalue weighted by molar-refractivity contribution is 0.0459. The van der Waals surface area contributed by atoms with Crippen molar-refractivity contribution in [2.24, 2.45) is 0 Å². The third-order valence-electron chi connectivity index (χ3n) is 4.34. The first kappa shape index (κ1) is 15.3. The van der Waals surface area contributed by atoms with Gasteiger partial charge in [0, 0.05) is 30.9 Å². The Morgan fingerprint density at radius 1 is 1.30 bits per heavy atom. The minimum absolute atomic E-state index is 0.0474. The third kappa shape index (κ3) is 2.86. The number of hydrogen-bond acceptors (Lipinski definition) is 3. The second-order valence-electron chi connectivity index (χ2n) is 5.62. The van der Waals surface area contributed by atoms with Gasteiger partial charge in [0.2, 0.25) is 0 Å². The number of pyridine rings is 1. The third-order valence-corrected chi connectivity index (χ3v) is 4.34. The van der Waals surface area contributed by atoms with Crippen LogP contribution in [0.5, 0.6) is 5.75 Å². The van der Waals surface area contributed by atoms with Crippen LogP contribution in [0.1, 0.15) is 35.3 Å². The van der Waals surface area contributed by atoms with Crippen LogP contribution in [0.3, 0.4) is 0 Å². The summed E-state index contributed by atoms with van der Waals surface area (Å²) in [5.41, 5.74) is 1.37. The average Bonchev–Trinajstić information content (AvgIpc) is 2.54. The molecule has 0 radical (unpaired) electrons. The minimum atomic E-state index is -0.142. The first-order valence-corrected chi connectivity index (χ1v) is 7.79. The molecule has 0 N–H and O–H groups in total. The summed E-state index contributed by atoms with van der Waals surface area (Å²) in [7, 11) is 1.63. The lowest BCUT2D eigenvalue weighted by atomic mass is 9.93. The van der Waals surface area contributed by atoms with Crippen LogP contribution in [-0.2, 0) is 6.54 Å². The van der Waals surface area contributed by atoms with Crippen LogP contribution in [0.15, 0.2) is 47.4 Å². The number of nitrogens with zero attached hydrogens (tertiary/aromatic N) is 2. The van der Waals surface area contributed by atoms with E-state index < -0.39 is 0 Å². The number of hydrogen-bond donors (Lipinski definition) is 0. The van der Waals surface area contributed by atoms with Crippen molar-refractivity contribution in [1.29, 1.82) is 0 Å². The molecule has 1 aromatic carbocycles. The van der Waals surface area contributed by atoms with Crippen molar-refractivity contribution in [1.82, 2.24) is 9.47 Å². The number of aryl methyl sites for hydroxylation is 1. The standard InChI is InChI=1S/C18H20N2O3/c1-3-19-9-7-14(12-17(19)21)18(22)20-10-8-16(20)13-5-4-6-15(11-13)23-2/h4-7,9,11-12,16H,3,8,10H2,1-2H3. The quantitative estimate of drug-likeness (QED) is 0.871. The van der Waals surface area contributed by atoms with Gasteiger partial charge in [0.25, 0.3) is 11.5 Å². The first-order valence-electron chi connectivity index (χ1n) is 7.79. The fourth-order valence-electron chi connectivity index (χ4n) is 2.89. The Morgan fingerprint density at radius 2 is 2.13 bits per heavy atom. The van der Waals surface area contributed by atoms with Gasteiger partial charge in [-0.05, 0) is 37.1 Å². The predicted octanol–water partition coefficient (Wildman–Crippen LogP) is 2.46. The average molecular weight is 312 g/mol. The second kappa shape index (κ2) is 6.28. The fraction of sp³-hybridized carbons (Fsp3) is 0.333. The van der Waals surface area contributed by atoms with Crippen LogP contribution in [0.2, 0.25) is 0 Å². The molecule has 5 heteroatoms. The van der Waals surface area contributed by atoms with Crippen LogP contribution in [0, 0.1) is 0 Å². The van der Waals surface area contributed by atoms with Crippen molar-refractivity contribution < 1.29 is 9.53 Å². The summed E-state index contributed by atoms with van der Waals surface area (Å²) in [6.07, 6.45) is 2.60.